The maximum Gasteiger partial charge on any atom is 0.274 e. The van der Waals surface area contributed by atoms with Crippen LogP contribution in [0.3, 0.4) is 0 Å². The van der Waals surface area contributed by atoms with E-state index in [0.29, 0.717) is 44.4 Å². The molecule has 1 aliphatic rings. The zero-order valence-corrected chi connectivity index (χ0v) is 15.3. The number of imidazole rings is 1. The number of morpholine rings is 1. The molecule has 0 unspecified atom stereocenters. The van der Waals surface area contributed by atoms with Gasteiger partial charge in [-0.1, -0.05) is 6.07 Å². The van der Waals surface area contributed by atoms with Gasteiger partial charge < -0.3 is 18.8 Å². The van der Waals surface area contributed by atoms with Crippen molar-refractivity contribution in [3.8, 4) is 0 Å². The van der Waals surface area contributed by atoms with Crippen molar-refractivity contribution < 1.29 is 14.3 Å². The zero-order valence-electron chi connectivity index (χ0n) is 15.3. The minimum atomic E-state index is -0.381. The topological polar surface area (TPSA) is 99.7 Å². The van der Waals surface area contributed by atoms with Crippen molar-refractivity contribution >= 4 is 11.6 Å². The predicted molar refractivity (Wildman–Crippen MR) is 94.2 cm³/mol. The van der Waals surface area contributed by atoms with E-state index < -0.39 is 0 Å². The van der Waals surface area contributed by atoms with E-state index in [0.717, 1.165) is 11.2 Å². The lowest BCUT2D eigenvalue weighted by molar-refractivity contribution is -0.0293. The second-order valence-corrected chi connectivity index (χ2v) is 6.46. The van der Waals surface area contributed by atoms with E-state index in [1.807, 2.05) is 29.7 Å². The van der Waals surface area contributed by atoms with Crippen LogP contribution >= 0.6 is 0 Å². The summed E-state index contributed by atoms with van der Waals surface area (Å²) < 4.78 is 14.4. The van der Waals surface area contributed by atoms with Gasteiger partial charge in [0.05, 0.1) is 26.3 Å². The molecule has 0 spiro atoms. The summed E-state index contributed by atoms with van der Waals surface area (Å²) >= 11 is 0. The maximum absolute atomic E-state index is 12.9. The molecule has 0 bridgehead atoms. The number of carbonyl (C=O) groups is 1. The summed E-state index contributed by atoms with van der Waals surface area (Å²) in [7, 11) is 1.62. The molecule has 4 rings (SSSR count). The van der Waals surface area contributed by atoms with Crippen molar-refractivity contribution in [2.45, 2.75) is 19.6 Å². The first-order valence-corrected chi connectivity index (χ1v) is 8.77. The van der Waals surface area contributed by atoms with E-state index in [1.165, 1.54) is 0 Å². The second-order valence-electron chi connectivity index (χ2n) is 6.46. The first-order chi connectivity index (χ1) is 13.2. The summed E-state index contributed by atoms with van der Waals surface area (Å²) in [6.07, 6.45) is 3.33. The van der Waals surface area contributed by atoms with Gasteiger partial charge in [0, 0.05) is 26.0 Å². The number of hydrogen-bond acceptors (Lipinski definition) is 7. The Labute approximate surface area is 155 Å². The van der Waals surface area contributed by atoms with Crippen LogP contribution in [0.5, 0.6) is 0 Å². The SMILES string of the molecule is COCCn1nnnc1[C@@H]1CN(C(=O)c2cn3cc(C)ccc3n2)CCO1. The molecule has 0 N–H and O–H groups in total. The van der Waals surface area contributed by atoms with Crippen LogP contribution in [0.4, 0.5) is 0 Å². The lowest BCUT2D eigenvalue weighted by Gasteiger charge is -2.31. The molecule has 0 aliphatic carbocycles. The first kappa shape index (κ1) is 17.6. The smallest absolute Gasteiger partial charge is 0.274 e. The van der Waals surface area contributed by atoms with Crippen LogP contribution in [-0.4, -0.2) is 73.8 Å². The monoisotopic (exact) mass is 371 g/mol. The molecular formula is C17H21N7O3. The average Bonchev–Trinajstić information content (AvgIpc) is 3.32. The van der Waals surface area contributed by atoms with E-state index in [4.69, 9.17) is 9.47 Å². The molecule has 10 heteroatoms. The Morgan fingerprint density at radius 1 is 1.37 bits per heavy atom. The van der Waals surface area contributed by atoms with Crippen LogP contribution in [0, 0.1) is 6.92 Å². The number of tetrazole rings is 1. The third-order valence-corrected chi connectivity index (χ3v) is 4.53. The zero-order chi connectivity index (χ0) is 18.8. The van der Waals surface area contributed by atoms with Gasteiger partial charge in [0.15, 0.2) is 5.82 Å². The number of methoxy groups -OCH3 is 1. The van der Waals surface area contributed by atoms with Gasteiger partial charge in [0.25, 0.3) is 5.91 Å². The Balaban J connectivity index is 1.52. The van der Waals surface area contributed by atoms with Crippen molar-refractivity contribution in [1.29, 1.82) is 0 Å². The van der Waals surface area contributed by atoms with Crippen molar-refractivity contribution in [3.63, 3.8) is 0 Å². The number of aromatic nitrogens is 6. The van der Waals surface area contributed by atoms with E-state index in [1.54, 1.807) is 22.9 Å². The molecule has 142 valence electrons. The van der Waals surface area contributed by atoms with Crippen LogP contribution in [0.2, 0.25) is 0 Å². The highest BCUT2D eigenvalue weighted by atomic mass is 16.5. The Morgan fingerprint density at radius 2 is 2.26 bits per heavy atom. The van der Waals surface area contributed by atoms with Crippen molar-refractivity contribution in [1.82, 2.24) is 34.5 Å². The highest BCUT2D eigenvalue weighted by Gasteiger charge is 2.30. The van der Waals surface area contributed by atoms with E-state index >= 15 is 0 Å². The maximum atomic E-state index is 12.9. The molecule has 3 aromatic heterocycles. The molecular weight excluding hydrogens is 350 g/mol. The number of ether oxygens (including phenoxy) is 2. The van der Waals surface area contributed by atoms with Crippen LogP contribution < -0.4 is 0 Å². The molecule has 10 nitrogen and oxygen atoms in total. The molecule has 3 aromatic rings. The number of pyridine rings is 1. The third kappa shape index (κ3) is 3.53. The highest BCUT2D eigenvalue weighted by molar-refractivity contribution is 5.93. The van der Waals surface area contributed by atoms with Gasteiger partial charge in [0.1, 0.15) is 17.4 Å². The van der Waals surface area contributed by atoms with Crippen molar-refractivity contribution in [2.24, 2.45) is 0 Å². The molecule has 0 saturated carbocycles. The number of aryl methyl sites for hydroxylation is 1. The number of rotatable bonds is 5. The molecule has 1 saturated heterocycles. The minimum absolute atomic E-state index is 0.124. The molecule has 0 radical (unpaired) electrons. The lowest BCUT2D eigenvalue weighted by atomic mass is 10.2. The fourth-order valence-electron chi connectivity index (χ4n) is 3.14. The molecule has 27 heavy (non-hydrogen) atoms. The van der Waals surface area contributed by atoms with Crippen molar-refractivity contribution in [2.75, 3.05) is 33.4 Å². The van der Waals surface area contributed by atoms with E-state index in [2.05, 4.69) is 20.5 Å². The van der Waals surface area contributed by atoms with Gasteiger partial charge in [-0.2, -0.15) is 0 Å². The minimum Gasteiger partial charge on any atom is -0.383 e. The van der Waals surface area contributed by atoms with Crippen LogP contribution in [0.1, 0.15) is 28.0 Å². The summed E-state index contributed by atoms with van der Waals surface area (Å²) in [4.78, 5) is 19.1. The quantitative estimate of drug-likeness (QED) is 0.643. The summed E-state index contributed by atoms with van der Waals surface area (Å²) in [5.74, 6) is 0.468. The van der Waals surface area contributed by atoms with Crippen LogP contribution in [0.15, 0.2) is 24.5 Å². The van der Waals surface area contributed by atoms with E-state index in [-0.39, 0.29) is 12.0 Å². The Morgan fingerprint density at radius 3 is 3.11 bits per heavy atom. The number of carbonyl (C=O) groups excluding carboxylic acids is 1. The third-order valence-electron chi connectivity index (χ3n) is 4.53. The van der Waals surface area contributed by atoms with Gasteiger partial charge in [-0.3, -0.25) is 4.79 Å². The molecule has 1 atom stereocenters. The fourth-order valence-corrected chi connectivity index (χ4v) is 3.14. The Hall–Kier alpha value is -2.85. The summed E-state index contributed by atoms with van der Waals surface area (Å²) in [6.45, 7) is 4.31. The number of nitrogens with zero attached hydrogens (tertiary/aromatic N) is 7. The normalized spacial score (nSPS) is 17.6. The Kier molecular flexibility index (Phi) is 4.82. The molecule has 1 aliphatic heterocycles. The summed E-state index contributed by atoms with van der Waals surface area (Å²) in [5, 5.41) is 11.8. The van der Waals surface area contributed by atoms with Gasteiger partial charge in [-0.05, 0) is 29.0 Å². The second kappa shape index (κ2) is 7.41. The van der Waals surface area contributed by atoms with Crippen molar-refractivity contribution in [3.05, 3.63) is 41.6 Å². The van der Waals surface area contributed by atoms with Gasteiger partial charge >= 0.3 is 0 Å². The van der Waals surface area contributed by atoms with Crippen LogP contribution in [0.25, 0.3) is 5.65 Å². The predicted octanol–water partition coefficient (Wildman–Crippen LogP) is 0.489. The highest BCUT2D eigenvalue weighted by Crippen LogP contribution is 2.21. The van der Waals surface area contributed by atoms with Gasteiger partial charge in [-0.15, -0.1) is 5.10 Å². The lowest BCUT2D eigenvalue weighted by Crippen LogP contribution is -2.43. The molecule has 0 aromatic carbocycles. The first-order valence-electron chi connectivity index (χ1n) is 8.77. The number of fused-ring (bicyclic) bond motifs is 1. The summed E-state index contributed by atoms with van der Waals surface area (Å²) in [5.41, 5.74) is 2.27. The standard InChI is InChI=1S/C17H21N7O3/c1-12-3-4-15-18-13(10-23(15)9-12)17(25)22-5-8-27-14(11-22)16-19-20-21-24(16)6-7-26-2/h3-4,9-10,14H,5-8,11H2,1-2H3/t14-/m0/s1. The number of amides is 1. The van der Waals surface area contributed by atoms with Gasteiger partial charge in [0.2, 0.25) is 0 Å². The molecule has 1 amide bonds. The summed E-state index contributed by atoms with van der Waals surface area (Å²) in [6, 6.07) is 3.87. The molecule has 4 heterocycles. The van der Waals surface area contributed by atoms with E-state index in [9.17, 15) is 4.79 Å². The number of hydrogen-bond donors (Lipinski definition) is 0. The molecule has 1 fully saturated rings. The average molecular weight is 371 g/mol. The fraction of sp³-hybridized carbons (Fsp3) is 0.471. The van der Waals surface area contributed by atoms with Crippen LogP contribution in [-0.2, 0) is 16.0 Å². The Bertz CT molecular complexity index is 951. The largest absolute Gasteiger partial charge is 0.383 e. The van der Waals surface area contributed by atoms with Gasteiger partial charge in [-0.25, -0.2) is 9.67 Å².